The lowest BCUT2D eigenvalue weighted by Crippen LogP contribution is -2.51. The van der Waals surface area contributed by atoms with E-state index in [0.717, 1.165) is 30.7 Å². The Labute approximate surface area is 200 Å². The van der Waals surface area contributed by atoms with Gasteiger partial charge in [-0.15, -0.1) is 35.0 Å². The van der Waals surface area contributed by atoms with Crippen LogP contribution >= 0.6 is 36.4 Å². The number of aliphatic hydroxyl groups excluding tert-OH is 1. The Morgan fingerprint density at radius 1 is 1.26 bits per heavy atom. The van der Waals surface area contributed by atoms with Crippen molar-refractivity contribution < 1.29 is 9.90 Å². The minimum Gasteiger partial charge on any atom is -0.393 e. The van der Waals surface area contributed by atoms with Crippen LogP contribution in [-0.2, 0) is 18.4 Å². The zero-order chi connectivity index (χ0) is 20.6. The number of hydrogen-bond acceptors (Lipinski definition) is 5. The van der Waals surface area contributed by atoms with Crippen LogP contribution in [0.25, 0.3) is 0 Å². The number of hydrogen-bond donors (Lipinski definition) is 2. The van der Waals surface area contributed by atoms with E-state index in [4.69, 9.17) is 17.3 Å². The molecule has 3 N–H and O–H groups in total. The predicted octanol–water partition coefficient (Wildman–Crippen LogP) is 2.99. The van der Waals surface area contributed by atoms with Crippen LogP contribution in [-0.4, -0.2) is 55.9 Å². The lowest BCUT2D eigenvalue weighted by Gasteiger charge is -2.44. The van der Waals surface area contributed by atoms with E-state index in [1.54, 1.807) is 6.92 Å². The van der Waals surface area contributed by atoms with Crippen LogP contribution in [0.2, 0.25) is 5.02 Å². The second kappa shape index (κ2) is 10.5. The molecule has 0 radical (unpaired) electrons. The molecule has 31 heavy (non-hydrogen) atoms. The molecule has 1 fully saturated rings. The molecular formula is C21H30Cl3N5O2. The molecule has 1 saturated carbocycles. The molecule has 0 bridgehead atoms. The second-order valence-corrected chi connectivity index (χ2v) is 8.81. The van der Waals surface area contributed by atoms with Gasteiger partial charge in [0, 0.05) is 42.5 Å². The maximum Gasteiger partial charge on any atom is 0.292 e. The van der Waals surface area contributed by atoms with Gasteiger partial charge in [0.2, 0.25) is 5.82 Å². The number of nitrogens with zero attached hydrogens (tertiary/aromatic N) is 4. The lowest BCUT2D eigenvalue weighted by molar-refractivity contribution is 0.0519. The second-order valence-electron chi connectivity index (χ2n) is 8.37. The van der Waals surface area contributed by atoms with Gasteiger partial charge in [-0.1, -0.05) is 23.7 Å². The SMILES string of the molecule is CC(O)Cc1nnc2n1CCN(C1CCC(CN)(c3cccc(Cl)c3)CC1)C2=O.Cl.Cl. The van der Waals surface area contributed by atoms with E-state index in [2.05, 4.69) is 16.3 Å². The van der Waals surface area contributed by atoms with Crippen LogP contribution in [0.5, 0.6) is 0 Å². The summed E-state index contributed by atoms with van der Waals surface area (Å²) in [5, 5.41) is 18.6. The fourth-order valence-electron chi connectivity index (χ4n) is 4.83. The highest BCUT2D eigenvalue weighted by atomic mass is 35.5. The fraction of sp³-hybridized carbons (Fsp3) is 0.571. The highest BCUT2D eigenvalue weighted by Gasteiger charge is 2.40. The predicted molar refractivity (Wildman–Crippen MR) is 125 cm³/mol. The minimum atomic E-state index is -0.509. The first-order valence-electron chi connectivity index (χ1n) is 10.3. The quantitative estimate of drug-likeness (QED) is 0.671. The number of aromatic nitrogens is 3. The molecule has 1 aliphatic heterocycles. The normalized spacial score (nSPS) is 24.1. The summed E-state index contributed by atoms with van der Waals surface area (Å²) in [5.74, 6) is 1.00. The molecule has 4 rings (SSSR count). The standard InChI is InChI=1S/C21H28ClN5O2.2ClH/c1-14(28)11-18-24-25-19-20(29)26(9-10-27(18)19)17-5-7-21(13-23,8-6-17)15-3-2-4-16(22)12-15;;/h2-4,12,14,17,28H,5-11,13,23H2,1H3;2*1H. The summed E-state index contributed by atoms with van der Waals surface area (Å²) in [6.07, 6.45) is 3.57. The number of aliphatic hydroxyl groups is 1. The molecule has 1 amide bonds. The van der Waals surface area contributed by atoms with Crippen LogP contribution in [0.3, 0.4) is 0 Å². The Bertz CT molecular complexity index is 897. The summed E-state index contributed by atoms with van der Waals surface area (Å²) in [4.78, 5) is 15.0. The highest BCUT2D eigenvalue weighted by molar-refractivity contribution is 6.30. The molecule has 0 saturated heterocycles. The van der Waals surface area contributed by atoms with Crippen molar-refractivity contribution in [2.24, 2.45) is 5.73 Å². The van der Waals surface area contributed by atoms with Crippen molar-refractivity contribution in [3.63, 3.8) is 0 Å². The zero-order valence-corrected chi connectivity index (χ0v) is 19.9. The van der Waals surface area contributed by atoms with Crippen LogP contribution in [0.15, 0.2) is 24.3 Å². The van der Waals surface area contributed by atoms with Crippen LogP contribution in [0, 0.1) is 0 Å². The summed E-state index contributed by atoms with van der Waals surface area (Å²) >= 11 is 6.21. The van der Waals surface area contributed by atoms with E-state index in [1.165, 1.54) is 5.56 Å². The molecule has 2 aliphatic rings. The largest absolute Gasteiger partial charge is 0.393 e. The Balaban J connectivity index is 0.00000171. The number of fused-ring (bicyclic) bond motifs is 1. The number of carbonyl (C=O) groups is 1. The van der Waals surface area contributed by atoms with Crippen molar-refractivity contribution in [3.05, 3.63) is 46.5 Å². The molecule has 1 aliphatic carbocycles. The van der Waals surface area contributed by atoms with Gasteiger partial charge < -0.3 is 20.3 Å². The maximum absolute atomic E-state index is 13.1. The van der Waals surface area contributed by atoms with E-state index >= 15 is 0 Å². The molecule has 1 unspecified atom stereocenters. The first-order valence-corrected chi connectivity index (χ1v) is 10.7. The highest BCUT2D eigenvalue weighted by Crippen LogP contribution is 2.41. The molecular weight excluding hydrogens is 461 g/mol. The number of halogens is 3. The van der Waals surface area contributed by atoms with E-state index in [1.807, 2.05) is 27.7 Å². The minimum absolute atomic E-state index is 0. The molecule has 0 spiro atoms. The van der Waals surface area contributed by atoms with Crippen molar-refractivity contribution in [1.82, 2.24) is 19.7 Å². The summed E-state index contributed by atoms with van der Waals surface area (Å²) in [5.41, 5.74) is 7.33. The molecule has 172 valence electrons. The van der Waals surface area contributed by atoms with Gasteiger partial charge in [-0.25, -0.2) is 0 Å². The molecule has 1 aromatic heterocycles. The van der Waals surface area contributed by atoms with E-state index in [-0.39, 0.29) is 42.2 Å². The number of carbonyl (C=O) groups excluding carboxylic acids is 1. The van der Waals surface area contributed by atoms with Gasteiger partial charge in [-0.2, -0.15) is 0 Å². The van der Waals surface area contributed by atoms with E-state index < -0.39 is 6.10 Å². The Morgan fingerprint density at radius 3 is 2.58 bits per heavy atom. The third-order valence-electron chi connectivity index (χ3n) is 6.50. The summed E-state index contributed by atoms with van der Waals surface area (Å²) in [6.45, 7) is 3.60. The molecule has 1 aromatic carbocycles. The van der Waals surface area contributed by atoms with Gasteiger partial charge in [0.15, 0.2) is 0 Å². The van der Waals surface area contributed by atoms with Crippen LogP contribution < -0.4 is 5.73 Å². The monoisotopic (exact) mass is 489 g/mol. The number of nitrogens with two attached hydrogens (primary N) is 1. The third kappa shape index (κ3) is 5.01. The van der Waals surface area contributed by atoms with Gasteiger partial charge in [-0.3, -0.25) is 4.79 Å². The van der Waals surface area contributed by atoms with E-state index in [9.17, 15) is 9.90 Å². The Kier molecular flexibility index (Phi) is 8.76. The Hall–Kier alpha value is -1.38. The smallest absolute Gasteiger partial charge is 0.292 e. The first-order chi connectivity index (χ1) is 13.9. The zero-order valence-electron chi connectivity index (χ0n) is 17.5. The van der Waals surface area contributed by atoms with Gasteiger partial charge in [0.1, 0.15) is 5.82 Å². The number of rotatable bonds is 5. The van der Waals surface area contributed by atoms with Crippen LogP contribution in [0.4, 0.5) is 0 Å². The molecule has 2 heterocycles. The van der Waals surface area contributed by atoms with E-state index in [0.29, 0.717) is 37.7 Å². The van der Waals surface area contributed by atoms with Crippen LogP contribution in [0.1, 0.15) is 54.6 Å². The third-order valence-corrected chi connectivity index (χ3v) is 6.74. The first kappa shape index (κ1) is 25.9. The van der Waals surface area contributed by atoms with Crippen molar-refractivity contribution in [2.45, 2.75) is 63.1 Å². The van der Waals surface area contributed by atoms with Gasteiger partial charge >= 0.3 is 0 Å². The van der Waals surface area contributed by atoms with Gasteiger partial charge in [0.25, 0.3) is 5.91 Å². The van der Waals surface area contributed by atoms with Crippen molar-refractivity contribution in [1.29, 1.82) is 0 Å². The molecule has 1 atom stereocenters. The summed E-state index contributed by atoms with van der Waals surface area (Å²) in [7, 11) is 0. The van der Waals surface area contributed by atoms with Gasteiger partial charge in [0.05, 0.1) is 6.10 Å². The van der Waals surface area contributed by atoms with Gasteiger partial charge in [-0.05, 0) is 50.3 Å². The topological polar surface area (TPSA) is 97.3 Å². The molecule has 10 heteroatoms. The molecule has 7 nitrogen and oxygen atoms in total. The summed E-state index contributed by atoms with van der Waals surface area (Å²) in [6, 6.07) is 8.18. The average Bonchev–Trinajstić information content (AvgIpc) is 3.11. The average molecular weight is 491 g/mol. The maximum atomic E-state index is 13.1. The molecule has 2 aromatic rings. The fourth-order valence-corrected chi connectivity index (χ4v) is 5.02. The van der Waals surface area contributed by atoms with Crippen molar-refractivity contribution >= 4 is 42.3 Å². The number of benzene rings is 1. The lowest BCUT2D eigenvalue weighted by atomic mass is 9.68. The Morgan fingerprint density at radius 2 is 1.97 bits per heavy atom. The summed E-state index contributed by atoms with van der Waals surface area (Å²) < 4.78 is 1.85. The van der Waals surface area contributed by atoms with Crippen molar-refractivity contribution in [2.75, 3.05) is 13.1 Å². The number of amides is 1. The van der Waals surface area contributed by atoms with Crippen molar-refractivity contribution in [3.8, 4) is 0 Å².